The fourth-order valence-corrected chi connectivity index (χ4v) is 2.42. The van der Waals surface area contributed by atoms with Crippen molar-refractivity contribution in [2.24, 2.45) is 0 Å². The summed E-state index contributed by atoms with van der Waals surface area (Å²) in [5.41, 5.74) is 2.34. The van der Waals surface area contributed by atoms with Crippen molar-refractivity contribution in [1.82, 2.24) is 5.32 Å². The predicted molar refractivity (Wildman–Crippen MR) is 105 cm³/mol. The molecule has 2 aromatic rings. The van der Waals surface area contributed by atoms with E-state index >= 15 is 0 Å². The Balaban J connectivity index is 2.00. The lowest BCUT2D eigenvalue weighted by Crippen LogP contribution is -2.24. The van der Waals surface area contributed by atoms with E-state index in [0.717, 1.165) is 11.1 Å². The zero-order valence-corrected chi connectivity index (χ0v) is 15.4. The molecule has 0 aromatic heterocycles. The second kappa shape index (κ2) is 9.83. The molecule has 27 heavy (non-hydrogen) atoms. The van der Waals surface area contributed by atoms with Crippen LogP contribution < -0.4 is 14.8 Å². The standard InChI is InChI=1S/C22H22N2O3/c1-4-13-27-20-11-7-17(14-21(20)26-3)8-12-22(25)24-16(2)19-9-5-18(15-23)6-10-19/h4-12,14,16H,1,13H2,2-3H3,(H,24,25)/b12-8+. The second-order valence-corrected chi connectivity index (χ2v) is 5.81. The van der Waals surface area contributed by atoms with Crippen LogP contribution in [0.2, 0.25) is 0 Å². The van der Waals surface area contributed by atoms with Crippen LogP contribution in [0, 0.1) is 11.3 Å². The summed E-state index contributed by atoms with van der Waals surface area (Å²) >= 11 is 0. The van der Waals surface area contributed by atoms with E-state index in [0.29, 0.717) is 23.7 Å². The average Bonchev–Trinajstić information content (AvgIpc) is 2.70. The minimum atomic E-state index is -0.210. The molecule has 0 saturated carbocycles. The molecule has 5 heteroatoms. The molecule has 2 rings (SSSR count). The van der Waals surface area contributed by atoms with Crippen LogP contribution in [0.5, 0.6) is 11.5 Å². The highest BCUT2D eigenvalue weighted by Gasteiger charge is 2.08. The molecule has 0 saturated heterocycles. The number of carbonyl (C=O) groups is 1. The number of nitriles is 1. The van der Waals surface area contributed by atoms with Gasteiger partial charge in [0.1, 0.15) is 6.61 Å². The maximum atomic E-state index is 12.2. The largest absolute Gasteiger partial charge is 0.493 e. The van der Waals surface area contributed by atoms with Crippen LogP contribution in [0.3, 0.4) is 0 Å². The van der Waals surface area contributed by atoms with Crippen molar-refractivity contribution in [1.29, 1.82) is 5.26 Å². The van der Waals surface area contributed by atoms with Gasteiger partial charge in [-0.2, -0.15) is 5.26 Å². The van der Waals surface area contributed by atoms with Crippen molar-refractivity contribution >= 4 is 12.0 Å². The number of hydrogen-bond donors (Lipinski definition) is 1. The Hall–Kier alpha value is -3.52. The molecule has 0 radical (unpaired) electrons. The molecule has 0 bridgehead atoms. The predicted octanol–water partition coefficient (Wildman–Crippen LogP) is 4.02. The molecule has 2 aromatic carbocycles. The molecule has 0 aliphatic rings. The lowest BCUT2D eigenvalue weighted by molar-refractivity contribution is -0.117. The highest BCUT2D eigenvalue weighted by atomic mass is 16.5. The van der Waals surface area contributed by atoms with Crippen LogP contribution in [0.1, 0.15) is 29.7 Å². The van der Waals surface area contributed by atoms with Gasteiger partial charge in [0.15, 0.2) is 11.5 Å². The van der Waals surface area contributed by atoms with E-state index in [9.17, 15) is 4.79 Å². The van der Waals surface area contributed by atoms with Crippen LogP contribution >= 0.6 is 0 Å². The van der Waals surface area contributed by atoms with Gasteiger partial charge in [-0.05, 0) is 48.4 Å². The molecule has 0 fully saturated rings. The molecule has 138 valence electrons. The highest BCUT2D eigenvalue weighted by molar-refractivity contribution is 5.92. The van der Waals surface area contributed by atoms with Gasteiger partial charge in [0.25, 0.3) is 0 Å². The van der Waals surface area contributed by atoms with Crippen LogP contribution in [0.15, 0.2) is 61.2 Å². The molecular weight excluding hydrogens is 340 g/mol. The normalized spacial score (nSPS) is 11.4. The lowest BCUT2D eigenvalue weighted by atomic mass is 10.1. The highest BCUT2D eigenvalue weighted by Crippen LogP contribution is 2.28. The Morgan fingerprint density at radius 3 is 2.63 bits per heavy atom. The molecule has 0 spiro atoms. The van der Waals surface area contributed by atoms with Gasteiger partial charge in [0.05, 0.1) is 24.8 Å². The molecule has 0 aliphatic carbocycles. The van der Waals surface area contributed by atoms with E-state index in [1.165, 1.54) is 6.08 Å². The number of ether oxygens (including phenoxy) is 2. The van der Waals surface area contributed by atoms with E-state index < -0.39 is 0 Å². The number of benzene rings is 2. The zero-order chi connectivity index (χ0) is 19.6. The first-order valence-corrected chi connectivity index (χ1v) is 8.47. The van der Waals surface area contributed by atoms with Gasteiger partial charge < -0.3 is 14.8 Å². The Morgan fingerprint density at radius 2 is 2.00 bits per heavy atom. The first kappa shape index (κ1) is 19.8. The van der Waals surface area contributed by atoms with Gasteiger partial charge in [-0.3, -0.25) is 4.79 Å². The minimum absolute atomic E-state index is 0.167. The summed E-state index contributed by atoms with van der Waals surface area (Å²) in [6.07, 6.45) is 4.84. The second-order valence-electron chi connectivity index (χ2n) is 5.81. The van der Waals surface area contributed by atoms with Crippen LogP contribution in [-0.4, -0.2) is 19.6 Å². The molecule has 0 heterocycles. The fraction of sp³-hybridized carbons (Fsp3) is 0.182. The molecule has 1 amide bonds. The van der Waals surface area contributed by atoms with Crippen molar-refractivity contribution in [3.63, 3.8) is 0 Å². The molecule has 1 N–H and O–H groups in total. The molecule has 5 nitrogen and oxygen atoms in total. The number of methoxy groups -OCH3 is 1. The fourth-order valence-electron chi connectivity index (χ4n) is 2.42. The summed E-state index contributed by atoms with van der Waals surface area (Å²) in [4.78, 5) is 12.2. The summed E-state index contributed by atoms with van der Waals surface area (Å²) in [5.74, 6) is 0.997. The summed E-state index contributed by atoms with van der Waals surface area (Å²) in [6, 6.07) is 14.5. The summed E-state index contributed by atoms with van der Waals surface area (Å²) < 4.78 is 10.8. The van der Waals surface area contributed by atoms with Crippen LogP contribution in [-0.2, 0) is 4.79 Å². The maximum absolute atomic E-state index is 12.2. The van der Waals surface area contributed by atoms with Gasteiger partial charge in [0.2, 0.25) is 5.91 Å². The van der Waals surface area contributed by atoms with Crippen LogP contribution in [0.4, 0.5) is 0 Å². The van der Waals surface area contributed by atoms with E-state index in [4.69, 9.17) is 14.7 Å². The van der Waals surface area contributed by atoms with Crippen molar-refractivity contribution < 1.29 is 14.3 Å². The molecule has 1 unspecified atom stereocenters. The number of nitrogens with one attached hydrogen (secondary N) is 1. The lowest BCUT2D eigenvalue weighted by Gasteiger charge is -2.13. The van der Waals surface area contributed by atoms with E-state index in [1.54, 1.807) is 43.5 Å². The first-order chi connectivity index (χ1) is 13.1. The van der Waals surface area contributed by atoms with E-state index in [-0.39, 0.29) is 11.9 Å². The SMILES string of the molecule is C=CCOc1ccc(/C=C/C(=O)NC(C)c2ccc(C#N)cc2)cc1OC. The van der Waals surface area contributed by atoms with Crippen molar-refractivity contribution in [2.45, 2.75) is 13.0 Å². The molecule has 0 aliphatic heterocycles. The number of hydrogen-bond acceptors (Lipinski definition) is 4. The van der Waals surface area contributed by atoms with Crippen molar-refractivity contribution in [2.75, 3.05) is 13.7 Å². The number of carbonyl (C=O) groups excluding carboxylic acids is 1. The monoisotopic (exact) mass is 362 g/mol. The van der Waals surface area contributed by atoms with Crippen molar-refractivity contribution in [3.8, 4) is 17.6 Å². The maximum Gasteiger partial charge on any atom is 0.244 e. The summed E-state index contributed by atoms with van der Waals surface area (Å²) in [7, 11) is 1.57. The third-order valence-electron chi connectivity index (χ3n) is 3.87. The van der Waals surface area contributed by atoms with Crippen LogP contribution in [0.25, 0.3) is 6.08 Å². The van der Waals surface area contributed by atoms with Gasteiger partial charge in [-0.1, -0.05) is 30.9 Å². The quantitative estimate of drug-likeness (QED) is 0.569. The average molecular weight is 362 g/mol. The van der Waals surface area contributed by atoms with E-state index in [1.807, 2.05) is 25.1 Å². The smallest absolute Gasteiger partial charge is 0.244 e. The number of nitrogens with zero attached hydrogens (tertiary/aromatic N) is 1. The molecule has 1 atom stereocenters. The molecular formula is C22H22N2O3. The Bertz CT molecular complexity index is 864. The minimum Gasteiger partial charge on any atom is -0.493 e. The van der Waals surface area contributed by atoms with Gasteiger partial charge in [0, 0.05) is 6.08 Å². The zero-order valence-electron chi connectivity index (χ0n) is 15.4. The summed E-state index contributed by atoms with van der Waals surface area (Å²) in [5, 5.41) is 11.7. The Morgan fingerprint density at radius 1 is 1.26 bits per heavy atom. The number of amides is 1. The third kappa shape index (κ3) is 5.75. The summed E-state index contributed by atoms with van der Waals surface area (Å²) in [6.45, 7) is 5.90. The van der Waals surface area contributed by atoms with Gasteiger partial charge >= 0.3 is 0 Å². The van der Waals surface area contributed by atoms with Gasteiger partial charge in [-0.15, -0.1) is 0 Å². The van der Waals surface area contributed by atoms with Crippen molar-refractivity contribution in [3.05, 3.63) is 77.9 Å². The third-order valence-corrected chi connectivity index (χ3v) is 3.87. The Kier molecular flexibility index (Phi) is 7.21. The number of rotatable bonds is 8. The van der Waals surface area contributed by atoms with Gasteiger partial charge in [-0.25, -0.2) is 0 Å². The topological polar surface area (TPSA) is 71.3 Å². The van der Waals surface area contributed by atoms with E-state index in [2.05, 4.69) is 18.0 Å². The Labute approximate surface area is 159 Å². The first-order valence-electron chi connectivity index (χ1n) is 8.47.